The van der Waals surface area contributed by atoms with Crippen molar-refractivity contribution in [2.45, 2.75) is 0 Å². The highest BCUT2D eigenvalue weighted by Crippen LogP contribution is 2.12. The summed E-state index contributed by atoms with van der Waals surface area (Å²) in [5.41, 5.74) is 5.89. The molecule has 0 heterocycles. The van der Waals surface area contributed by atoms with Crippen LogP contribution in [0.25, 0.3) is 0 Å². The van der Waals surface area contributed by atoms with Gasteiger partial charge in [-0.05, 0) is 18.2 Å². The maximum Gasteiger partial charge on any atom is 0.251 e. The average Bonchev–Trinajstić information content (AvgIpc) is 2.33. The molecule has 0 unspecified atom stereocenters. The number of rotatable bonds is 6. The van der Waals surface area contributed by atoms with E-state index in [4.69, 9.17) is 10.5 Å². The van der Waals surface area contributed by atoms with Crippen molar-refractivity contribution >= 4 is 5.91 Å². The Balaban J connectivity index is 2.65. The molecule has 1 rings (SSSR count). The topological polar surface area (TPSA) is 64.3 Å². The Labute approximate surface area is 95.1 Å². The lowest BCUT2D eigenvalue weighted by Gasteiger charge is -2.06. The van der Waals surface area contributed by atoms with E-state index in [9.17, 15) is 4.79 Å². The maximum atomic E-state index is 11.6. The van der Waals surface area contributed by atoms with Gasteiger partial charge in [-0.1, -0.05) is 12.1 Å². The molecule has 0 aromatic heterocycles. The van der Waals surface area contributed by atoms with E-state index in [-0.39, 0.29) is 5.91 Å². The zero-order valence-electron chi connectivity index (χ0n) is 9.11. The molecule has 0 saturated carbocycles. The van der Waals surface area contributed by atoms with Gasteiger partial charge < -0.3 is 15.8 Å². The monoisotopic (exact) mass is 220 g/mol. The van der Waals surface area contributed by atoms with Crippen LogP contribution in [-0.2, 0) is 0 Å². The van der Waals surface area contributed by atoms with Gasteiger partial charge >= 0.3 is 0 Å². The van der Waals surface area contributed by atoms with Crippen LogP contribution in [0.5, 0.6) is 5.75 Å². The van der Waals surface area contributed by atoms with Crippen LogP contribution in [0.15, 0.2) is 36.9 Å². The number of nitrogens with two attached hydrogens (primary N) is 1. The highest BCUT2D eigenvalue weighted by molar-refractivity contribution is 5.94. The Morgan fingerprint density at radius 3 is 3.06 bits per heavy atom. The third-order valence-electron chi connectivity index (χ3n) is 1.89. The van der Waals surface area contributed by atoms with Gasteiger partial charge in [0.05, 0.1) is 0 Å². The molecule has 4 heteroatoms. The van der Waals surface area contributed by atoms with Gasteiger partial charge in [0.1, 0.15) is 12.4 Å². The van der Waals surface area contributed by atoms with Gasteiger partial charge in [-0.2, -0.15) is 0 Å². The Morgan fingerprint density at radius 2 is 2.38 bits per heavy atom. The smallest absolute Gasteiger partial charge is 0.251 e. The van der Waals surface area contributed by atoms with E-state index in [1.165, 1.54) is 0 Å². The summed E-state index contributed by atoms with van der Waals surface area (Å²) in [6, 6.07) is 6.98. The van der Waals surface area contributed by atoms with Crippen molar-refractivity contribution < 1.29 is 9.53 Å². The number of ether oxygens (including phenoxy) is 1. The van der Waals surface area contributed by atoms with Crippen molar-refractivity contribution in [2.75, 3.05) is 19.7 Å². The number of carbonyl (C=O) groups excluding carboxylic acids is 1. The molecule has 0 atom stereocenters. The van der Waals surface area contributed by atoms with E-state index in [2.05, 4.69) is 11.9 Å². The van der Waals surface area contributed by atoms with E-state index >= 15 is 0 Å². The molecule has 1 amide bonds. The summed E-state index contributed by atoms with van der Waals surface area (Å²) in [6.07, 6.45) is 1.63. The standard InChI is InChI=1S/C12H16N2O2/c1-2-7-14-12(15)10-4-3-5-11(9-10)16-8-6-13/h2-5,9H,1,6-8,13H2,(H,14,15). The second kappa shape index (κ2) is 6.63. The first-order chi connectivity index (χ1) is 7.77. The van der Waals surface area contributed by atoms with Crippen LogP contribution in [-0.4, -0.2) is 25.6 Å². The Kier molecular flexibility index (Phi) is 5.08. The molecule has 16 heavy (non-hydrogen) atoms. The van der Waals surface area contributed by atoms with Crippen molar-refractivity contribution in [2.24, 2.45) is 5.73 Å². The molecule has 1 aromatic carbocycles. The predicted molar refractivity (Wildman–Crippen MR) is 63.5 cm³/mol. The van der Waals surface area contributed by atoms with E-state index < -0.39 is 0 Å². The normalized spacial score (nSPS) is 9.56. The van der Waals surface area contributed by atoms with Gasteiger partial charge in [-0.25, -0.2) is 0 Å². The van der Waals surface area contributed by atoms with Gasteiger partial charge in [0, 0.05) is 18.7 Å². The van der Waals surface area contributed by atoms with E-state index in [1.54, 1.807) is 30.3 Å². The fraction of sp³-hybridized carbons (Fsp3) is 0.250. The van der Waals surface area contributed by atoms with Crippen molar-refractivity contribution in [1.29, 1.82) is 0 Å². The lowest BCUT2D eigenvalue weighted by molar-refractivity contribution is 0.0957. The van der Waals surface area contributed by atoms with Crippen LogP contribution < -0.4 is 15.8 Å². The average molecular weight is 220 g/mol. The highest BCUT2D eigenvalue weighted by atomic mass is 16.5. The molecule has 0 aliphatic heterocycles. The molecule has 4 nitrogen and oxygen atoms in total. The third kappa shape index (κ3) is 3.74. The minimum Gasteiger partial charge on any atom is -0.492 e. The fourth-order valence-corrected chi connectivity index (χ4v) is 1.17. The van der Waals surface area contributed by atoms with Crippen LogP contribution in [0.1, 0.15) is 10.4 Å². The van der Waals surface area contributed by atoms with E-state index in [0.29, 0.717) is 31.0 Å². The number of amides is 1. The molecule has 0 spiro atoms. The fourth-order valence-electron chi connectivity index (χ4n) is 1.17. The molecule has 0 radical (unpaired) electrons. The first kappa shape index (κ1) is 12.3. The summed E-state index contributed by atoms with van der Waals surface area (Å²) >= 11 is 0. The molecular weight excluding hydrogens is 204 g/mol. The zero-order chi connectivity index (χ0) is 11.8. The summed E-state index contributed by atoms with van der Waals surface area (Å²) in [5.74, 6) is 0.509. The second-order valence-electron chi connectivity index (χ2n) is 3.16. The van der Waals surface area contributed by atoms with Crippen molar-refractivity contribution in [3.05, 3.63) is 42.5 Å². The van der Waals surface area contributed by atoms with Gasteiger partial charge in [0.15, 0.2) is 0 Å². The molecule has 0 aliphatic rings. The summed E-state index contributed by atoms with van der Waals surface area (Å²) in [4.78, 5) is 11.6. The Bertz CT molecular complexity index is 364. The number of nitrogens with one attached hydrogen (secondary N) is 1. The van der Waals surface area contributed by atoms with Crippen LogP contribution in [0.4, 0.5) is 0 Å². The molecule has 0 aliphatic carbocycles. The molecule has 86 valence electrons. The second-order valence-corrected chi connectivity index (χ2v) is 3.16. The quantitative estimate of drug-likeness (QED) is 0.701. The summed E-state index contributed by atoms with van der Waals surface area (Å²) in [5, 5.41) is 2.69. The lowest BCUT2D eigenvalue weighted by atomic mass is 10.2. The van der Waals surface area contributed by atoms with Crippen LogP contribution in [0, 0.1) is 0 Å². The highest BCUT2D eigenvalue weighted by Gasteiger charge is 2.04. The van der Waals surface area contributed by atoms with Gasteiger partial charge in [-0.3, -0.25) is 4.79 Å². The van der Waals surface area contributed by atoms with Crippen LogP contribution >= 0.6 is 0 Å². The van der Waals surface area contributed by atoms with Gasteiger partial charge in [-0.15, -0.1) is 6.58 Å². The van der Waals surface area contributed by atoms with Crippen molar-refractivity contribution in [3.63, 3.8) is 0 Å². The number of benzene rings is 1. The summed E-state index contributed by atoms with van der Waals surface area (Å²) in [6.45, 7) is 4.88. The number of carbonyl (C=O) groups is 1. The molecular formula is C12H16N2O2. The number of hydrogen-bond donors (Lipinski definition) is 2. The molecule has 0 fully saturated rings. The maximum absolute atomic E-state index is 11.6. The minimum absolute atomic E-state index is 0.141. The largest absolute Gasteiger partial charge is 0.492 e. The summed E-state index contributed by atoms with van der Waals surface area (Å²) < 4.78 is 5.33. The SMILES string of the molecule is C=CCNC(=O)c1cccc(OCCN)c1. The third-order valence-corrected chi connectivity index (χ3v) is 1.89. The lowest BCUT2D eigenvalue weighted by Crippen LogP contribution is -2.23. The zero-order valence-corrected chi connectivity index (χ0v) is 9.11. The van der Waals surface area contributed by atoms with Crippen LogP contribution in [0.3, 0.4) is 0 Å². The van der Waals surface area contributed by atoms with Gasteiger partial charge in [0.2, 0.25) is 0 Å². The first-order valence-electron chi connectivity index (χ1n) is 5.10. The Morgan fingerprint density at radius 1 is 1.56 bits per heavy atom. The summed E-state index contributed by atoms with van der Waals surface area (Å²) in [7, 11) is 0. The molecule has 3 N–H and O–H groups in total. The van der Waals surface area contributed by atoms with Crippen LogP contribution in [0.2, 0.25) is 0 Å². The molecule has 0 saturated heterocycles. The van der Waals surface area contributed by atoms with E-state index in [0.717, 1.165) is 0 Å². The first-order valence-corrected chi connectivity index (χ1v) is 5.10. The number of hydrogen-bond acceptors (Lipinski definition) is 3. The molecule has 0 bridgehead atoms. The van der Waals surface area contributed by atoms with Gasteiger partial charge in [0.25, 0.3) is 5.91 Å². The predicted octanol–water partition coefficient (Wildman–Crippen LogP) is 0.940. The van der Waals surface area contributed by atoms with E-state index in [1.807, 2.05) is 0 Å². The Hall–Kier alpha value is -1.81. The van der Waals surface area contributed by atoms with Crippen molar-refractivity contribution in [3.8, 4) is 5.75 Å². The minimum atomic E-state index is -0.141. The molecule has 1 aromatic rings. The van der Waals surface area contributed by atoms with Crippen molar-refractivity contribution in [1.82, 2.24) is 5.32 Å².